The normalized spacial score (nSPS) is 15.5. The van der Waals surface area contributed by atoms with E-state index in [1.807, 2.05) is 0 Å². The molecule has 128 valence electrons. The smallest absolute Gasteiger partial charge is 0.743 e. The van der Waals surface area contributed by atoms with Crippen molar-refractivity contribution in [1.29, 1.82) is 0 Å². The third kappa shape index (κ3) is 3.04. The standard InChI is InChI=1S/C6H3F11O3S.Li/c7-1-2(8,9)3(10,11)4(12,13)5(14,15)6(16,17)21(18,19)20;/h1H2,(H,18,19,20);/q;+1/p-1. The van der Waals surface area contributed by atoms with Gasteiger partial charge in [-0.15, -0.1) is 0 Å². The van der Waals surface area contributed by atoms with Crippen molar-refractivity contribution >= 4 is 10.1 Å². The van der Waals surface area contributed by atoms with Crippen LogP contribution < -0.4 is 18.9 Å². The molecule has 0 aromatic carbocycles. The molecule has 22 heavy (non-hydrogen) atoms. The van der Waals surface area contributed by atoms with Gasteiger partial charge in [-0.25, -0.2) is 12.8 Å². The molecule has 0 aromatic heterocycles. The first-order chi connectivity index (χ1) is 8.81. The number of alkyl halides is 11. The number of rotatable bonds is 6. The van der Waals surface area contributed by atoms with Crippen LogP contribution in [0.25, 0.3) is 0 Å². The summed E-state index contributed by atoms with van der Waals surface area (Å²) in [6, 6.07) is 0. The summed E-state index contributed by atoms with van der Waals surface area (Å²) in [5.41, 5.74) is 0. The molecule has 3 nitrogen and oxygen atoms in total. The molecule has 0 aliphatic carbocycles. The summed E-state index contributed by atoms with van der Waals surface area (Å²) in [6.45, 7) is -3.65. The predicted octanol–water partition coefficient (Wildman–Crippen LogP) is -0.361. The second-order valence-corrected chi connectivity index (χ2v) is 4.95. The first kappa shape index (κ1) is 24.0. The van der Waals surface area contributed by atoms with Gasteiger partial charge in [-0.2, -0.15) is 43.9 Å². The molecular formula is C6H2F11LiO3S. The van der Waals surface area contributed by atoms with Crippen molar-refractivity contribution in [3.05, 3.63) is 0 Å². The van der Waals surface area contributed by atoms with E-state index in [0.29, 0.717) is 0 Å². The van der Waals surface area contributed by atoms with Crippen molar-refractivity contribution in [2.75, 3.05) is 6.67 Å². The average Bonchev–Trinajstić information content (AvgIpc) is 2.26. The van der Waals surface area contributed by atoms with Crippen LogP contribution in [0.5, 0.6) is 0 Å². The van der Waals surface area contributed by atoms with Crippen LogP contribution >= 0.6 is 0 Å². The molecule has 0 fully saturated rings. The molecule has 0 saturated heterocycles. The van der Waals surface area contributed by atoms with E-state index in [0.717, 1.165) is 0 Å². The van der Waals surface area contributed by atoms with Crippen LogP contribution in [-0.4, -0.2) is 48.6 Å². The van der Waals surface area contributed by atoms with Crippen LogP contribution in [0.1, 0.15) is 0 Å². The monoisotopic (exact) mass is 370 g/mol. The van der Waals surface area contributed by atoms with Gasteiger partial charge >= 0.3 is 47.8 Å². The second-order valence-electron chi connectivity index (χ2n) is 3.53. The van der Waals surface area contributed by atoms with Gasteiger partial charge in [0.2, 0.25) is 0 Å². The molecule has 0 N–H and O–H groups in total. The number of hydrogen-bond donors (Lipinski definition) is 0. The average molecular weight is 370 g/mol. The molecule has 0 aromatic rings. The van der Waals surface area contributed by atoms with Gasteiger partial charge in [0.25, 0.3) is 0 Å². The predicted molar refractivity (Wildman–Crippen MR) is 40.4 cm³/mol. The molecule has 0 bridgehead atoms. The van der Waals surface area contributed by atoms with Gasteiger partial charge in [0.1, 0.15) is 0 Å². The zero-order valence-electron chi connectivity index (χ0n) is 10.00. The number of hydrogen-bond acceptors (Lipinski definition) is 3. The molecule has 0 aliphatic heterocycles. The Morgan fingerprint density at radius 3 is 1.27 bits per heavy atom. The summed E-state index contributed by atoms with van der Waals surface area (Å²) in [7, 11) is -7.64. The molecule has 0 spiro atoms. The van der Waals surface area contributed by atoms with Gasteiger partial charge in [0, 0.05) is 0 Å². The summed E-state index contributed by atoms with van der Waals surface area (Å²) in [4.78, 5) is 0. The second kappa shape index (κ2) is 5.99. The summed E-state index contributed by atoms with van der Waals surface area (Å²) < 4.78 is 166. The third-order valence-corrected chi connectivity index (χ3v) is 2.98. The Morgan fingerprint density at radius 1 is 0.727 bits per heavy atom. The Bertz CT molecular complexity index is 502. The zero-order valence-corrected chi connectivity index (χ0v) is 10.8. The summed E-state index contributed by atoms with van der Waals surface area (Å²) in [5, 5.41) is -7.36. The van der Waals surface area contributed by atoms with Crippen LogP contribution in [0.15, 0.2) is 0 Å². The van der Waals surface area contributed by atoms with Crippen LogP contribution in [0.2, 0.25) is 0 Å². The fraction of sp³-hybridized carbons (Fsp3) is 1.00. The quantitative estimate of drug-likeness (QED) is 0.365. The molecule has 16 heteroatoms. The Morgan fingerprint density at radius 2 is 1.05 bits per heavy atom. The molecule has 0 unspecified atom stereocenters. The van der Waals surface area contributed by atoms with Crippen LogP contribution in [-0.2, 0) is 10.1 Å². The van der Waals surface area contributed by atoms with Gasteiger partial charge in [-0.3, -0.25) is 0 Å². The molecule has 0 rings (SSSR count). The zero-order chi connectivity index (χ0) is 17.7. The minimum absolute atomic E-state index is 0. The number of halogens is 11. The van der Waals surface area contributed by atoms with E-state index in [4.69, 9.17) is 0 Å². The van der Waals surface area contributed by atoms with Crippen molar-refractivity contribution in [3.63, 3.8) is 0 Å². The maximum absolute atomic E-state index is 12.7. The van der Waals surface area contributed by atoms with E-state index in [9.17, 15) is 61.3 Å². The van der Waals surface area contributed by atoms with E-state index in [2.05, 4.69) is 0 Å². The fourth-order valence-corrected chi connectivity index (χ4v) is 1.29. The van der Waals surface area contributed by atoms with Crippen molar-refractivity contribution < 1.29 is 80.1 Å². The third-order valence-electron chi connectivity index (χ3n) is 2.10. The van der Waals surface area contributed by atoms with E-state index in [-0.39, 0.29) is 18.9 Å². The first-order valence-corrected chi connectivity index (χ1v) is 5.62. The molecule has 0 atom stereocenters. The topological polar surface area (TPSA) is 57.2 Å². The first-order valence-electron chi connectivity index (χ1n) is 4.21. The molecule has 0 aliphatic rings. The maximum Gasteiger partial charge on any atom is 1.00 e. The van der Waals surface area contributed by atoms with E-state index in [1.165, 1.54) is 0 Å². The van der Waals surface area contributed by atoms with Gasteiger partial charge < -0.3 is 4.55 Å². The largest absolute Gasteiger partial charge is 1.00 e. The SMILES string of the molecule is O=S(=O)([O-])C(F)(F)C(F)(F)C(F)(F)C(F)(F)C(F)(F)CF.[Li+]. The van der Waals surface area contributed by atoms with E-state index < -0.39 is 45.7 Å². The molecule has 0 heterocycles. The van der Waals surface area contributed by atoms with E-state index in [1.54, 1.807) is 0 Å². The summed E-state index contributed by atoms with van der Waals surface area (Å²) in [5.74, 6) is -29.5. The fourth-order valence-electron chi connectivity index (χ4n) is 0.851. The van der Waals surface area contributed by atoms with Crippen molar-refractivity contribution in [3.8, 4) is 0 Å². The van der Waals surface area contributed by atoms with Gasteiger partial charge in [0.05, 0.1) is 0 Å². The van der Waals surface area contributed by atoms with E-state index >= 15 is 0 Å². The molecular weight excluding hydrogens is 368 g/mol. The Labute approximate surface area is 126 Å². The van der Waals surface area contributed by atoms with Crippen molar-refractivity contribution in [1.82, 2.24) is 0 Å². The molecule has 0 radical (unpaired) electrons. The van der Waals surface area contributed by atoms with Crippen LogP contribution in [0, 0.1) is 0 Å². The van der Waals surface area contributed by atoms with Gasteiger partial charge in [-0.1, -0.05) is 0 Å². The maximum atomic E-state index is 12.7. The molecule has 0 saturated carbocycles. The van der Waals surface area contributed by atoms with Gasteiger partial charge in [0.15, 0.2) is 16.8 Å². The minimum atomic E-state index is -7.77. The summed E-state index contributed by atoms with van der Waals surface area (Å²) >= 11 is 0. The Hall–Kier alpha value is -0.263. The van der Waals surface area contributed by atoms with Crippen LogP contribution in [0.4, 0.5) is 48.3 Å². The van der Waals surface area contributed by atoms with Gasteiger partial charge in [-0.05, 0) is 0 Å². The van der Waals surface area contributed by atoms with Crippen molar-refractivity contribution in [2.45, 2.75) is 28.9 Å². The molecule has 0 amide bonds. The Balaban J connectivity index is 0. The van der Waals surface area contributed by atoms with Crippen LogP contribution in [0.3, 0.4) is 0 Å². The minimum Gasteiger partial charge on any atom is -0.743 e. The van der Waals surface area contributed by atoms with Crippen molar-refractivity contribution in [2.24, 2.45) is 0 Å². The Kier molecular flexibility index (Phi) is 6.53. The summed E-state index contributed by atoms with van der Waals surface area (Å²) in [6.07, 6.45) is 0.